The maximum atomic E-state index is 13.4. The maximum absolute atomic E-state index is 13.4. The third-order valence-electron chi connectivity index (χ3n) is 3.39. The van der Waals surface area contributed by atoms with Gasteiger partial charge in [0.1, 0.15) is 11.6 Å². The molecule has 2 heterocycles. The van der Waals surface area contributed by atoms with Crippen LogP contribution in [0.3, 0.4) is 0 Å². The number of fused-ring (bicyclic) bond motifs is 1. The molecule has 3 aromatic rings. The molecule has 0 spiro atoms. The molecule has 0 unspecified atom stereocenters. The highest BCUT2D eigenvalue weighted by atomic mass is 19.1. The van der Waals surface area contributed by atoms with Crippen molar-refractivity contribution in [3.8, 4) is 0 Å². The summed E-state index contributed by atoms with van der Waals surface area (Å²) in [5, 5.41) is 4.14. The second-order valence-corrected chi connectivity index (χ2v) is 5.05. The minimum absolute atomic E-state index is 0.0179. The molecule has 0 saturated heterocycles. The van der Waals surface area contributed by atoms with Crippen LogP contribution in [0.4, 0.5) is 8.78 Å². The van der Waals surface area contributed by atoms with Gasteiger partial charge in [0.2, 0.25) is 0 Å². The summed E-state index contributed by atoms with van der Waals surface area (Å²) < 4.78 is 33.8. The van der Waals surface area contributed by atoms with Crippen LogP contribution in [0.15, 0.2) is 47.4 Å². The van der Waals surface area contributed by atoms with Gasteiger partial charge in [-0.15, -0.1) is 5.10 Å². The number of esters is 1. The summed E-state index contributed by atoms with van der Waals surface area (Å²) in [5.74, 6) is -2.62. The second-order valence-electron chi connectivity index (χ2n) is 5.05. The zero-order valence-electron chi connectivity index (χ0n) is 12.5. The Morgan fingerprint density at radius 2 is 2.04 bits per heavy atom. The van der Waals surface area contributed by atoms with Crippen molar-refractivity contribution in [2.24, 2.45) is 0 Å². The van der Waals surface area contributed by atoms with Crippen LogP contribution in [0, 0.1) is 11.6 Å². The van der Waals surface area contributed by atoms with Gasteiger partial charge in [0.15, 0.2) is 5.65 Å². The zero-order chi connectivity index (χ0) is 17.1. The van der Waals surface area contributed by atoms with Gasteiger partial charge in [-0.25, -0.2) is 23.1 Å². The van der Waals surface area contributed by atoms with Crippen molar-refractivity contribution in [3.05, 3.63) is 70.3 Å². The first-order valence-corrected chi connectivity index (χ1v) is 7.22. The number of aromatic nitrogens is 3. The van der Waals surface area contributed by atoms with Gasteiger partial charge in [0.05, 0.1) is 12.2 Å². The van der Waals surface area contributed by atoms with Crippen LogP contribution in [0.25, 0.3) is 5.65 Å². The van der Waals surface area contributed by atoms with E-state index in [-0.39, 0.29) is 24.4 Å². The minimum Gasteiger partial charge on any atom is -0.462 e. The Labute approximate surface area is 134 Å². The zero-order valence-corrected chi connectivity index (χ0v) is 12.5. The Bertz CT molecular complexity index is 949. The summed E-state index contributed by atoms with van der Waals surface area (Å²) in [6, 6.07) is 7.82. The monoisotopic (exact) mass is 333 g/mol. The first kappa shape index (κ1) is 15.9. The molecule has 124 valence electrons. The number of carbonyl (C=O) groups is 1. The van der Waals surface area contributed by atoms with E-state index in [2.05, 4.69) is 5.10 Å². The van der Waals surface area contributed by atoms with Gasteiger partial charge >= 0.3 is 11.7 Å². The Balaban J connectivity index is 1.57. The van der Waals surface area contributed by atoms with Crippen LogP contribution in [0.2, 0.25) is 0 Å². The number of nitrogens with zero attached hydrogens (tertiary/aromatic N) is 3. The topological polar surface area (TPSA) is 65.6 Å². The van der Waals surface area contributed by atoms with E-state index < -0.39 is 17.6 Å². The summed E-state index contributed by atoms with van der Waals surface area (Å²) in [7, 11) is 0. The SMILES string of the molecule is O=C(OCCCn1nc2ccccn2c1=O)c1ccc(F)cc1F. The maximum Gasteiger partial charge on any atom is 0.350 e. The fourth-order valence-corrected chi connectivity index (χ4v) is 2.23. The van der Waals surface area contributed by atoms with Crippen molar-refractivity contribution in [2.75, 3.05) is 6.61 Å². The van der Waals surface area contributed by atoms with Gasteiger partial charge in [0.25, 0.3) is 0 Å². The van der Waals surface area contributed by atoms with Gasteiger partial charge in [0, 0.05) is 25.2 Å². The third kappa shape index (κ3) is 3.17. The molecule has 1 aromatic carbocycles. The fourth-order valence-electron chi connectivity index (χ4n) is 2.23. The molecule has 0 N–H and O–H groups in total. The predicted octanol–water partition coefficient (Wildman–Crippen LogP) is 2.02. The molecular weight excluding hydrogens is 320 g/mol. The van der Waals surface area contributed by atoms with Crippen molar-refractivity contribution in [1.29, 1.82) is 0 Å². The highest BCUT2D eigenvalue weighted by Gasteiger charge is 2.14. The van der Waals surface area contributed by atoms with Crippen LogP contribution >= 0.6 is 0 Å². The largest absolute Gasteiger partial charge is 0.462 e. The normalized spacial score (nSPS) is 10.9. The number of pyridine rings is 1. The van der Waals surface area contributed by atoms with Gasteiger partial charge in [-0.3, -0.25) is 4.40 Å². The van der Waals surface area contributed by atoms with Crippen molar-refractivity contribution in [2.45, 2.75) is 13.0 Å². The van der Waals surface area contributed by atoms with Crippen molar-refractivity contribution < 1.29 is 18.3 Å². The van der Waals surface area contributed by atoms with E-state index in [1.807, 2.05) is 0 Å². The van der Waals surface area contributed by atoms with E-state index >= 15 is 0 Å². The lowest BCUT2D eigenvalue weighted by atomic mass is 10.2. The smallest absolute Gasteiger partial charge is 0.350 e. The third-order valence-corrected chi connectivity index (χ3v) is 3.39. The average molecular weight is 333 g/mol. The van der Waals surface area contributed by atoms with E-state index in [4.69, 9.17) is 4.74 Å². The number of halogens is 2. The van der Waals surface area contributed by atoms with Crippen molar-refractivity contribution >= 4 is 11.6 Å². The number of carbonyl (C=O) groups excluding carboxylic acids is 1. The Morgan fingerprint density at radius 1 is 1.21 bits per heavy atom. The number of hydrogen-bond acceptors (Lipinski definition) is 4. The molecule has 0 fully saturated rings. The summed E-state index contributed by atoms with van der Waals surface area (Å²) in [6.07, 6.45) is 1.94. The predicted molar refractivity (Wildman–Crippen MR) is 80.7 cm³/mol. The highest BCUT2D eigenvalue weighted by molar-refractivity contribution is 5.89. The summed E-state index contributed by atoms with van der Waals surface area (Å²) in [4.78, 5) is 23.7. The molecule has 0 radical (unpaired) electrons. The number of benzene rings is 1. The molecule has 0 aliphatic heterocycles. The lowest BCUT2D eigenvalue weighted by Gasteiger charge is -2.05. The molecule has 0 amide bonds. The van der Waals surface area contributed by atoms with E-state index in [9.17, 15) is 18.4 Å². The Kier molecular flexibility index (Phi) is 4.37. The van der Waals surface area contributed by atoms with E-state index in [1.54, 1.807) is 24.4 Å². The van der Waals surface area contributed by atoms with Crippen LogP contribution in [0.5, 0.6) is 0 Å². The van der Waals surface area contributed by atoms with Crippen LogP contribution < -0.4 is 5.69 Å². The molecule has 24 heavy (non-hydrogen) atoms. The van der Waals surface area contributed by atoms with Crippen LogP contribution in [-0.2, 0) is 11.3 Å². The average Bonchev–Trinajstić information content (AvgIpc) is 2.88. The molecular formula is C16H13F2N3O3. The lowest BCUT2D eigenvalue weighted by molar-refractivity contribution is 0.0489. The molecule has 6 nitrogen and oxygen atoms in total. The molecule has 0 aliphatic rings. The second kappa shape index (κ2) is 6.61. The lowest BCUT2D eigenvalue weighted by Crippen LogP contribution is -2.22. The van der Waals surface area contributed by atoms with Gasteiger partial charge in [-0.1, -0.05) is 6.07 Å². The van der Waals surface area contributed by atoms with E-state index in [0.717, 1.165) is 12.1 Å². The van der Waals surface area contributed by atoms with Gasteiger partial charge < -0.3 is 4.74 Å². The van der Waals surface area contributed by atoms with Crippen LogP contribution in [-0.4, -0.2) is 26.8 Å². The summed E-state index contributed by atoms with van der Waals surface area (Å²) in [5.41, 5.74) is -0.101. The summed E-state index contributed by atoms with van der Waals surface area (Å²) >= 11 is 0. The molecule has 0 aliphatic carbocycles. The molecule has 2 aromatic heterocycles. The summed E-state index contributed by atoms with van der Waals surface area (Å²) in [6.45, 7) is 0.232. The standard InChI is InChI=1S/C16H13F2N3O3/c17-11-5-6-12(13(18)10-11)15(22)24-9-3-8-21-16(23)20-7-2-1-4-14(20)19-21/h1-2,4-7,10H,3,8-9H2. The Hall–Kier alpha value is -3.03. The van der Waals surface area contributed by atoms with Crippen molar-refractivity contribution in [3.63, 3.8) is 0 Å². The Morgan fingerprint density at radius 3 is 2.79 bits per heavy atom. The quantitative estimate of drug-likeness (QED) is 0.529. The number of hydrogen-bond donors (Lipinski definition) is 0. The molecule has 0 saturated carbocycles. The first-order valence-electron chi connectivity index (χ1n) is 7.22. The van der Waals surface area contributed by atoms with Gasteiger partial charge in [-0.2, -0.15) is 0 Å². The van der Waals surface area contributed by atoms with E-state index in [1.165, 1.54) is 9.08 Å². The van der Waals surface area contributed by atoms with Crippen LogP contribution in [0.1, 0.15) is 16.8 Å². The first-order chi connectivity index (χ1) is 11.6. The van der Waals surface area contributed by atoms with Gasteiger partial charge in [-0.05, 0) is 24.3 Å². The molecule has 0 bridgehead atoms. The number of ether oxygens (including phenoxy) is 1. The molecule has 0 atom stereocenters. The van der Waals surface area contributed by atoms with E-state index in [0.29, 0.717) is 18.1 Å². The molecule has 8 heteroatoms. The number of aryl methyl sites for hydroxylation is 1. The minimum atomic E-state index is -0.975. The molecule has 3 rings (SSSR count). The van der Waals surface area contributed by atoms with Crippen molar-refractivity contribution in [1.82, 2.24) is 14.2 Å². The fraction of sp³-hybridized carbons (Fsp3) is 0.188. The number of rotatable bonds is 5. The highest BCUT2D eigenvalue weighted by Crippen LogP contribution is 2.11.